The third-order valence-electron chi connectivity index (χ3n) is 5.08. The minimum atomic E-state index is -0.617. The van der Waals surface area contributed by atoms with E-state index in [0.29, 0.717) is 22.9 Å². The van der Waals surface area contributed by atoms with Crippen LogP contribution in [0.25, 0.3) is 0 Å². The molecule has 0 saturated heterocycles. The first-order chi connectivity index (χ1) is 15.2. The van der Waals surface area contributed by atoms with Gasteiger partial charge in [0.15, 0.2) is 6.61 Å². The number of carbonyl (C=O) groups excluding carboxylic acids is 2. The molecule has 1 atom stereocenters. The third-order valence-corrected chi connectivity index (χ3v) is 5.67. The maximum absolute atomic E-state index is 13.3. The summed E-state index contributed by atoms with van der Waals surface area (Å²) in [7, 11) is 1.59. The molecule has 7 heteroatoms. The summed E-state index contributed by atoms with van der Waals surface area (Å²) in [6.07, 6.45) is 0.480. The number of amides is 2. The highest BCUT2D eigenvalue weighted by Gasteiger charge is 2.29. The lowest BCUT2D eigenvalue weighted by molar-refractivity contribution is -0.143. The predicted octanol–water partition coefficient (Wildman–Crippen LogP) is 4.68. The van der Waals surface area contributed by atoms with Gasteiger partial charge in [0.2, 0.25) is 5.91 Å². The Morgan fingerprint density at radius 2 is 1.75 bits per heavy atom. The lowest BCUT2D eigenvalue weighted by atomic mass is 10.1. The number of methoxy groups -OCH3 is 1. The molecule has 0 aliphatic heterocycles. The molecule has 0 saturated carbocycles. The molecule has 0 aliphatic rings. The van der Waals surface area contributed by atoms with Crippen molar-refractivity contribution in [1.29, 1.82) is 0 Å². The quantitative estimate of drug-likeness (QED) is 0.559. The molecule has 0 radical (unpaired) electrons. The number of rotatable bonds is 10. The van der Waals surface area contributed by atoms with Gasteiger partial charge in [0.1, 0.15) is 17.5 Å². The first-order valence-corrected chi connectivity index (χ1v) is 11.2. The SMILES string of the molecule is CC[C@H](C(=O)NC(C)C)N(Cc1cccc(OC)c1)C(=O)COc1cc(C)c(Cl)c(C)c1. The Kier molecular flexibility index (Phi) is 9.39. The van der Waals surface area contributed by atoms with Crippen LogP contribution < -0.4 is 14.8 Å². The molecule has 6 nitrogen and oxygen atoms in total. The molecular weight excluding hydrogens is 428 g/mol. The Labute approximate surface area is 195 Å². The fourth-order valence-corrected chi connectivity index (χ4v) is 3.59. The molecule has 2 amide bonds. The van der Waals surface area contributed by atoms with Gasteiger partial charge in [0, 0.05) is 17.6 Å². The predicted molar refractivity (Wildman–Crippen MR) is 127 cm³/mol. The molecule has 0 fully saturated rings. The second-order valence-electron chi connectivity index (χ2n) is 8.12. The third kappa shape index (κ3) is 6.89. The number of carbonyl (C=O) groups is 2. The Morgan fingerprint density at radius 1 is 1.09 bits per heavy atom. The summed E-state index contributed by atoms with van der Waals surface area (Å²) in [6.45, 7) is 9.55. The number of ether oxygens (including phenoxy) is 2. The van der Waals surface area contributed by atoms with Crippen molar-refractivity contribution >= 4 is 23.4 Å². The first-order valence-electron chi connectivity index (χ1n) is 10.8. The lowest BCUT2D eigenvalue weighted by Crippen LogP contribution is -2.51. The average molecular weight is 461 g/mol. The van der Waals surface area contributed by atoms with Crippen molar-refractivity contribution in [3.05, 3.63) is 58.1 Å². The number of hydrogen-bond donors (Lipinski definition) is 1. The van der Waals surface area contributed by atoms with E-state index in [4.69, 9.17) is 21.1 Å². The topological polar surface area (TPSA) is 67.9 Å². The Bertz CT molecular complexity index is 922. The van der Waals surface area contributed by atoms with Crippen LogP contribution in [0.1, 0.15) is 43.9 Å². The highest BCUT2D eigenvalue weighted by Crippen LogP contribution is 2.26. The van der Waals surface area contributed by atoms with Crippen LogP contribution in [-0.4, -0.2) is 42.5 Å². The van der Waals surface area contributed by atoms with Gasteiger partial charge in [-0.3, -0.25) is 9.59 Å². The fraction of sp³-hybridized carbons (Fsp3) is 0.440. The maximum atomic E-state index is 13.3. The van der Waals surface area contributed by atoms with E-state index in [1.165, 1.54) is 0 Å². The standard InChI is InChI=1S/C25H33ClN2O4/c1-7-22(25(30)27-16(2)3)28(14-19-9-8-10-20(13-19)31-6)23(29)15-32-21-11-17(4)24(26)18(5)12-21/h8-13,16,22H,7,14-15H2,1-6H3,(H,27,30)/t22-/m1/s1. The van der Waals surface area contributed by atoms with E-state index in [1.807, 2.05) is 58.9 Å². The summed E-state index contributed by atoms with van der Waals surface area (Å²) in [5.74, 6) is 0.803. The molecule has 174 valence electrons. The number of halogens is 1. The van der Waals surface area contributed by atoms with Crippen LogP contribution in [0.5, 0.6) is 11.5 Å². The van der Waals surface area contributed by atoms with E-state index in [2.05, 4.69) is 5.32 Å². The molecular formula is C25H33ClN2O4. The van der Waals surface area contributed by atoms with E-state index in [-0.39, 0.29) is 31.0 Å². The van der Waals surface area contributed by atoms with Gasteiger partial charge in [-0.1, -0.05) is 30.7 Å². The van der Waals surface area contributed by atoms with Crippen LogP contribution in [0.15, 0.2) is 36.4 Å². The van der Waals surface area contributed by atoms with E-state index in [0.717, 1.165) is 16.7 Å². The summed E-state index contributed by atoms with van der Waals surface area (Å²) in [6, 6.07) is 10.4. The van der Waals surface area contributed by atoms with E-state index in [1.54, 1.807) is 24.1 Å². The zero-order valence-corrected chi connectivity index (χ0v) is 20.5. The fourth-order valence-electron chi connectivity index (χ4n) is 3.49. The van der Waals surface area contributed by atoms with Crippen LogP contribution in [-0.2, 0) is 16.1 Å². The van der Waals surface area contributed by atoms with Gasteiger partial charge in [-0.05, 0) is 75.1 Å². The summed E-state index contributed by atoms with van der Waals surface area (Å²) in [5, 5.41) is 3.60. The number of nitrogens with zero attached hydrogens (tertiary/aromatic N) is 1. The normalized spacial score (nSPS) is 11.8. The summed E-state index contributed by atoms with van der Waals surface area (Å²) in [4.78, 5) is 27.7. The minimum absolute atomic E-state index is 0.0263. The van der Waals surface area contributed by atoms with Gasteiger partial charge < -0.3 is 19.7 Å². The molecule has 0 spiro atoms. The molecule has 2 aromatic rings. The van der Waals surface area contributed by atoms with Gasteiger partial charge in [-0.25, -0.2) is 0 Å². The summed E-state index contributed by atoms with van der Waals surface area (Å²) < 4.78 is 11.1. The first kappa shape index (κ1) is 25.5. The molecule has 0 aromatic heterocycles. The largest absolute Gasteiger partial charge is 0.497 e. The molecule has 0 aliphatic carbocycles. The zero-order valence-electron chi connectivity index (χ0n) is 19.7. The number of benzene rings is 2. The van der Waals surface area contributed by atoms with Crippen molar-refractivity contribution in [2.45, 2.75) is 59.7 Å². The smallest absolute Gasteiger partial charge is 0.261 e. The average Bonchev–Trinajstić information content (AvgIpc) is 2.75. The van der Waals surface area contributed by atoms with Crippen LogP contribution >= 0.6 is 11.6 Å². The van der Waals surface area contributed by atoms with Crippen LogP contribution in [0.3, 0.4) is 0 Å². The second-order valence-corrected chi connectivity index (χ2v) is 8.50. The Hall–Kier alpha value is -2.73. The second kappa shape index (κ2) is 11.8. The number of aryl methyl sites for hydroxylation is 2. The van der Waals surface area contributed by atoms with Crippen LogP contribution in [0.4, 0.5) is 0 Å². The van der Waals surface area contributed by atoms with Gasteiger partial charge in [0.25, 0.3) is 5.91 Å². The van der Waals surface area contributed by atoms with Crippen LogP contribution in [0, 0.1) is 13.8 Å². The van der Waals surface area contributed by atoms with Crippen molar-refractivity contribution in [2.24, 2.45) is 0 Å². The number of hydrogen-bond acceptors (Lipinski definition) is 4. The monoisotopic (exact) mass is 460 g/mol. The van der Waals surface area contributed by atoms with E-state index >= 15 is 0 Å². The highest BCUT2D eigenvalue weighted by atomic mass is 35.5. The Balaban J connectivity index is 2.27. The van der Waals surface area contributed by atoms with Gasteiger partial charge in [-0.2, -0.15) is 0 Å². The van der Waals surface area contributed by atoms with Crippen molar-refractivity contribution in [3.8, 4) is 11.5 Å². The molecule has 0 unspecified atom stereocenters. The molecule has 2 rings (SSSR count). The summed E-state index contributed by atoms with van der Waals surface area (Å²) >= 11 is 6.23. The van der Waals surface area contributed by atoms with Crippen molar-refractivity contribution in [2.75, 3.05) is 13.7 Å². The van der Waals surface area contributed by atoms with Crippen molar-refractivity contribution in [3.63, 3.8) is 0 Å². The lowest BCUT2D eigenvalue weighted by Gasteiger charge is -2.31. The van der Waals surface area contributed by atoms with E-state index < -0.39 is 6.04 Å². The van der Waals surface area contributed by atoms with Gasteiger partial charge >= 0.3 is 0 Å². The summed E-state index contributed by atoms with van der Waals surface area (Å²) in [5.41, 5.74) is 2.63. The Morgan fingerprint density at radius 3 is 2.31 bits per heavy atom. The van der Waals surface area contributed by atoms with E-state index in [9.17, 15) is 9.59 Å². The molecule has 2 aromatic carbocycles. The molecule has 0 bridgehead atoms. The molecule has 1 N–H and O–H groups in total. The molecule has 32 heavy (non-hydrogen) atoms. The molecule has 0 heterocycles. The maximum Gasteiger partial charge on any atom is 0.261 e. The van der Waals surface area contributed by atoms with Gasteiger partial charge in [-0.15, -0.1) is 0 Å². The zero-order chi connectivity index (χ0) is 23.8. The minimum Gasteiger partial charge on any atom is -0.497 e. The van der Waals surface area contributed by atoms with Crippen molar-refractivity contribution < 1.29 is 19.1 Å². The highest BCUT2D eigenvalue weighted by molar-refractivity contribution is 6.32. The van der Waals surface area contributed by atoms with Crippen molar-refractivity contribution in [1.82, 2.24) is 10.2 Å². The van der Waals surface area contributed by atoms with Crippen LogP contribution in [0.2, 0.25) is 5.02 Å². The number of nitrogens with one attached hydrogen (secondary N) is 1. The van der Waals surface area contributed by atoms with Gasteiger partial charge in [0.05, 0.1) is 7.11 Å².